The summed E-state index contributed by atoms with van der Waals surface area (Å²) in [5, 5.41) is 4.52. The third kappa shape index (κ3) is 4.38. The molecule has 2 aromatic rings. The number of benzene rings is 1. The molecule has 0 aliphatic carbocycles. The van der Waals surface area contributed by atoms with Gasteiger partial charge in [0.1, 0.15) is 5.69 Å². The molecule has 0 saturated carbocycles. The number of carbonyl (C=O) groups is 1. The van der Waals surface area contributed by atoms with Crippen LogP contribution in [0.1, 0.15) is 47.9 Å². The molecule has 0 spiro atoms. The lowest BCUT2D eigenvalue weighted by atomic mass is 10.0. The smallest absolute Gasteiger partial charge is 0.272 e. The number of likely N-dealkylation sites (tertiary alicyclic amines) is 1. The number of nitrogens with zero attached hydrogens (tertiary/aromatic N) is 5. The normalized spacial score (nSPS) is 20.6. The summed E-state index contributed by atoms with van der Waals surface area (Å²) in [5.41, 5.74) is 4.45. The van der Waals surface area contributed by atoms with Gasteiger partial charge in [0, 0.05) is 58.0 Å². The number of carbonyl (C=O) groups excluding carboxylic acids is 1. The molecule has 2 aliphatic rings. The number of para-hydroxylation sites is 1. The summed E-state index contributed by atoms with van der Waals surface area (Å²) in [6, 6.07) is 11.1. The van der Waals surface area contributed by atoms with Gasteiger partial charge in [-0.25, -0.2) is 0 Å². The zero-order chi connectivity index (χ0) is 21.1. The van der Waals surface area contributed by atoms with Crippen molar-refractivity contribution in [3.63, 3.8) is 0 Å². The van der Waals surface area contributed by atoms with Gasteiger partial charge in [-0.2, -0.15) is 5.10 Å². The zero-order valence-electron chi connectivity index (χ0n) is 18.7. The van der Waals surface area contributed by atoms with Gasteiger partial charge in [0.2, 0.25) is 0 Å². The molecule has 3 heterocycles. The third-order valence-electron chi connectivity index (χ3n) is 6.63. The van der Waals surface area contributed by atoms with Crippen LogP contribution in [0.5, 0.6) is 0 Å². The van der Waals surface area contributed by atoms with Gasteiger partial charge in [0.25, 0.3) is 5.91 Å². The van der Waals surface area contributed by atoms with Crippen molar-refractivity contribution >= 4 is 11.6 Å². The zero-order valence-corrected chi connectivity index (χ0v) is 18.7. The molecule has 2 aliphatic heterocycles. The summed E-state index contributed by atoms with van der Waals surface area (Å²) >= 11 is 0. The number of piperazine rings is 1. The minimum atomic E-state index is 0.135. The first-order valence-electron chi connectivity index (χ1n) is 11.4. The lowest BCUT2D eigenvalue weighted by molar-refractivity contribution is 0.0553. The molecule has 1 aromatic heterocycles. The van der Waals surface area contributed by atoms with Crippen LogP contribution in [0, 0.1) is 6.92 Å². The molecule has 6 heteroatoms. The number of rotatable bonds is 5. The summed E-state index contributed by atoms with van der Waals surface area (Å²) < 4.78 is 1.76. The van der Waals surface area contributed by atoms with E-state index in [9.17, 15) is 4.79 Å². The number of piperidine rings is 1. The minimum absolute atomic E-state index is 0.135. The molecular formula is C24H35N5O. The van der Waals surface area contributed by atoms with Crippen molar-refractivity contribution in [3.8, 4) is 0 Å². The van der Waals surface area contributed by atoms with Crippen LogP contribution >= 0.6 is 0 Å². The van der Waals surface area contributed by atoms with Crippen molar-refractivity contribution in [2.24, 2.45) is 7.05 Å². The van der Waals surface area contributed by atoms with Gasteiger partial charge in [0.15, 0.2) is 0 Å². The second kappa shape index (κ2) is 9.21. The lowest BCUT2D eigenvalue weighted by Gasteiger charge is -2.44. The molecule has 162 valence electrons. The maximum absolute atomic E-state index is 13.2. The Morgan fingerprint density at radius 2 is 1.90 bits per heavy atom. The first-order valence-corrected chi connectivity index (χ1v) is 11.4. The van der Waals surface area contributed by atoms with Crippen LogP contribution in [0.3, 0.4) is 0 Å². The molecule has 0 bridgehead atoms. The Morgan fingerprint density at radius 3 is 2.63 bits per heavy atom. The van der Waals surface area contributed by atoms with Gasteiger partial charge in [-0.1, -0.05) is 31.5 Å². The lowest BCUT2D eigenvalue weighted by Crippen LogP contribution is -2.56. The van der Waals surface area contributed by atoms with Gasteiger partial charge < -0.3 is 9.80 Å². The number of hydrogen-bond donors (Lipinski definition) is 0. The topological polar surface area (TPSA) is 44.6 Å². The summed E-state index contributed by atoms with van der Waals surface area (Å²) in [6.45, 7) is 10.3. The van der Waals surface area contributed by atoms with E-state index >= 15 is 0 Å². The fourth-order valence-corrected chi connectivity index (χ4v) is 4.95. The Kier molecular flexibility index (Phi) is 6.42. The predicted molar refractivity (Wildman–Crippen MR) is 121 cm³/mol. The molecule has 1 amide bonds. The Balaban J connectivity index is 1.36. The Hall–Kier alpha value is -2.34. The van der Waals surface area contributed by atoms with Crippen LogP contribution in [0.15, 0.2) is 30.3 Å². The molecule has 0 unspecified atom stereocenters. The number of hydrogen-bond acceptors (Lipinski definition) is 4. The molecule has 4 rings (SSSR count). The van der Waals surface area contributed by atoms with Crippen LogP contribution in [-0.2, 0) is 13.5 Å². The highest BCUT2D eigenvalue weighted by molar-refractivity contribution is 5.92. The molecule has 0 N–H and O–H groups in total. The molecule has 0 radical (unpaired) electrons. The number of aromatic nitrogens is 2. The monoisotopic (exact) mass is 409 g/mol. The molecule has 30 heavy (non-hydrogen) atoms. The Morgan fingerprint density at radius 1 is 1.13 bits per heavy atom. The molecule has 2 saturated heterocycles. The van der Waals surface area contributed by atoms with Crippen LogP contribution in [0.4, 0.5) is 5.69 Å². The van der Waals surface area contributed by atoms with E-state index in [0.29, 0.717) is 6.04 Å². The summed E-state index contributed by atoms with van der Waals surface area (Å²) in [6.07, 6.45) is 4.23. The molecule has 1 atom stereocenters. The average Bonchev–Trinajstić information content (AvgIpc) is 3.14. The Bertz CT molecular complexity index is 868. The van der Waals surface area contributed by atoms with Crippen molar-refractivity contribution in [3.05, 3.63) is 47.3 Å². The van der Waals surface area contributed by atoms with Crippen LogP contribution < -0.4 is 4.90 Å². The highest BCUT2D eigenvalue weighted by Gasteiger charge is 2.31. The molecule has 1 aromatic carbocycles. The van der Waals surface area contributed by atoms with Gasteiger partial charge in [-0.15, -0.1) is 0 Å². The largest absolute Gasteiger partial charge is 0.369 e. The van der Waals surface area contributed by atoms with Gasteiger partial charge in [-0.05, 0) is 43.9 Å². The maximum Gasteiger partial charge on any atom is 0.272 e. The summed E-state index contributed by atoms with van der Waals surface area (Å²) in [7, 11) is 1.89. The predicted octanol–water partition coefficient (Wildman–Crippen LogP) is 3.11. The van der Waals surface area contributed by atoms with E-state index < -0.39 is 0 Å². The maximum atomic E-state index is 13.2. The van der Waals surface area contributed by atoms with Crippen LogP contribution in [0.2, 0.25) is 0 Å². The van der Waals surface area contributed by atoms with Crippen LogP contribution in [0.25, 0.3) is 0 Å². The van der Waals surface area contributed by atoms with Crippen molar-refractivity contribution in [2.45, 2.75) is 45.6 Å². The fraction of sp³-hybridized carbons (Fsp3) is 0.583. The number of aryl methyl sites for hydroxylation is 3. The first-order chi connectivity index (χ1) is 14.6. The van der Waals surface area contributed by atoms with Gasteiger partial charge in [0.05, 0.1) is 5.69 Å². The van der Waals surface area contributed by atoms with Crippen molar-refractivity contribution in [1.82, 2.24) is 19.6 Å². The standard InChI is InChI=1S/C24H35N5O/c1-4-8-20-17-23(26(3)25-20)24(30)29-12-7-10-21(18-29)27-13-15-28(16-14-27)22-11-6-5-9-19(22)2/h5-6,9,11,17,21H,4,7-8,10,12-16,18H2,1-3H3/t21-/m1/s1. The second-order valence-corrected chi connectivity index (χ2v) is 8.75. The van der Waals surface area contributed by atoms with Crippen molar-refractivity contribution < 1.29 is 4.79 Å². The van der Waals surface area contributed by atoms with Gasteiger partial charge >= 0.3 is 0 Å². The molecule has 2 fully saturated rings. The van der Waals surface area contributed by atoms with Gasteiger partial charge in [-0.3, -0.25) is 14.4 Å². The SMILES string of the molecule is CCCc1cc(C(=O)N2CCC[C@@H](N3CCN(c4ccccc4C)CC3)C2)n(C)n1. The third-order valence-corrected chi connectivity index (χ3v) is 6.63. The first kappa shape index (κ1) is 20.9. The van der Waals surface area contributed by atoms with E-state index in [-0.39, 0.29) is 5.91 Å². The second-order valence-electron chi connectivity index (χ2n) is 8.75. The van der Waals surface area contributed by atoms with E-state index in [2.05, 4.69) is 57.9 Å². The number of anilines is 1. The van der Waals surface area contributed by atoms with E-state index in [4.69, 9.17) is 0 Å². The van der Waals surface area contributed by atoms with Crippen molar-refractivity contribution in [1.29, 1.82) is 0 Å². The van der Waals surface area contributed by atoms with E-state index in [1.54, 1.807) is 4.68 Å². The van der Waals surface area contributed by atoms with E-state index in [1.165, 1.54) is 17.7 Å². The highest BCUT2D eigenvalue weighted by atomic mass is 16.2. The summed E-state index contributed by atoms with van der Waals surface area (Å²) in [5.74, 6) is 0.135. The van der Waals surface area contributed by atoms with E-state index in [1.807, 2.05) is 13.1 Å². The van der Waals surface area contributed by atoms with E-state index in [0.717, 1.165) is 69.9 Å². The fourth-order valence-electron chi connectivity index (χ4n) is 4.95. The summed E-state index contributed by atoms with van der Waals surface area (Å²) in [4.78, 5) is 20.3. The highest BCUT2D eigenvalue weighted by Crippen LogP contribution is 2.24. The minimum Gasteiger partial charge on any atom is -0.369 e. The quantitative estimate of drug-likeness (QED) is 0.761. The van der Waals surface area contributed by atoms with Crippen molar-refractivity contribution in [2.75, 3.05) is 44.2 Å². The van der Waals surface area contributed by atoms with Crippen LogP contribution in [-0.4, -0.2) is 70.8 Å². The number of amides is 1. The molecular weight excluding hydrogens is 374 g/mol. The average molecular weight is 410 g/mol. The Labute approximate surface area is 180 Å². The molecule has 6 nitrogen and oxygen atoms in total.